The lowest BCUT2D eigenvalue weighted by Crippen LogP contribution is -2.36. The zero-order valence-electron chi connectivity index (χ0n) is 12.0. The molecule has 0 spiro atoms. The third kappa shape index (κ3) is 2.50. The highest BCUT2D eigenvalue weighted by atomic mass is 16.7. The van der Waals surface area contributed by atoms with Crippen LogP contribution in [0.3, 0.4) is 0 Å². The molecule has 3 rings (SSSR count). The van der Waals surface area contributed by atoms with Gasteiger partial charge in [0, 0.05) is 12.1 Å². The van der Waals surface area contributed by atoms with Gasteiger partial charge in [-0.15, -0.1) is 0 Å². The number of ether oxygens (including phenoxy) is 3. The number of rotatable bonds is 3. The minimum Gasteiger partial charge on any atom is -0.394 e. The number of hydrogen-bond donors (Lipinski definition) is 3. The summed E-state index contributed by atoms with van der Waals surface area (Å²) in [6.45, 7) is 2.07. The Labute approximate surface area is 125 Å². The van der Waals surface area contributed by atoms with Crippen molar-refractivity contribution in [1.82, 2.24) is 9.55 Å². The quantitative estimate of drug-likeness (QED) is 0.618. The molecule has 0 amide bonds. The van der Waals surface area contributed by atoms with Crippen molar-refractivity contribution in [1.29, 1.82) is 0 Å². The molecule has 2 fully saturated rings. The molecule has 2 aliphatic heterocycles. The maximum Gasteiger partial charge on any atom is 0.330 e. The molecule has 0 bridgehead atoms. The lowest BCUT2D eigenvalue weighted by molar-refractivity contribution is -0.0539. The van der Waals surface area contributed by atoms with E-state index in [4.69, 9.17) is 14.2 Å². The first-order valence-electron chi connectivity index (χ1n) is 7.06. The summed E-state index contributed by atoms with van der Waals surface area (Å²) in [5.41, 5.74) is -1.08. The standard InChI is InChI=1S/C13H18N2O7/c1-6-9(17)8(5-16)22-11(6)15-4-7(10(18)14-13(15)19)12-20-2-3-21-12/h4,6,8-9,11-12,16-17H,2-3,5H2,1H3,(H,14,18,19)/t6-,8-,9+,11?/m1/s1. The Morgan fingerprint density at radius 2 is 2.05 bits per heavy atom. The summed E-state index contributed by atoms with van der Waals surface area (Å²) in [6.07, 6.45) is -1.98. The molecule has 3 heterocycles. The third-order valence-electron chi connectivity index (χ3n) is 4.01. The van der Waals surface area contributed by atoms with Crippen LogP contribution in [0.1, 0.15) is 25.0 Å². The SMILES string of the molecule is C[C@H]1C(n2cc(C3OCCO3)c(=O)[nH]c2=O)O[C@H](CO)[C@H]1O. The smallest absolute Gasteiger partial charge is 0.330 e. The maximum atomic E-state index is 12.0. The number of H-pyrrole nitrogens is 1. The second-order valence-corrected chi connectivity index (χ2v) is 5.42. The van der Waals surface area contributed by atoms with E-state index in [1.54, 1.807) is 6.92 Å². The fourth-order valence-corrected chi connectivity index (χ4v) is 2.76. The van der Waals surface area contributed by atoms with Crippen LogP contribution >= 0.6 is 0 Å². The molecule has 1 unspecified atom stereocenters. The maximum absolute atomic E-state index is 12.0. The summed E-state index contributed by atoms with van der Waals surface area (Å²) in [7, 11) is 0. The van der Waals surface area contributed by atoms with E-state index < -0.39 is 41.9 Å². The molecule has 9 heteroatoms. The summed E-state index contributed by atoms with van der Waals surface area (Å²) in [6, 6.07) is 0. The molecule has 0 aliphatic carbocycles. The van der Waals surface area contributed by atoms with Crippen molar-refractivity contribution in [3.05, 3.63) is 32.6 Å². The minimum atomic E-state index is -0.906. The zero-order chi connectivity index (χ0) is 15.9. The van der Waals surface area contributed by atoms with E-state index in [0.717, 1.165) is 0 Å². The van der Waals surface area contributed by atoms with Crippen LogP contribution in [0.4, 0.5) is 0 Å². The minimum absolute atomic E-state index is 0.162. The topological polar surface area (TPSA) is 123 Å². The van der Waals surface area contributed by atoms with Gasteiger partial charge in [-0.25, -0.2) is 4.79 Å². The largest absolute Gasteiger partial charge is 0.394 e. The number of aromatic amines is 1. The second-order valence-electron chi connectivity index (χ2n) is 5.42. The molecule has 22 heavy (non-hydrogen) atoms. The summed E-state index contributed by atoms with van der Waals surface area (Å²) < 4.78 is 17.3. The Morgan fingerprint density at radius 3 is 2.64 bits per heavy atom. The van der Waals surface area contributed by atoms with Gasteiger partial charge in [-0.05, 0) is 0 Å². The van der Waals surface area contributed by atoms with Crippen LogP contribution in [0, 0.1) is 5.92 Å². The molecule has 1 aromatic rings. The molecular formula is C13H18N2O7. The molecule has 0 radical (unpaired) electrons. The van der Waals surface area contributed by atoms with Gasteiger partial charge in [-0.3, -0.25) is 14.3 Å². The van der Waals surface area contributed by atoms with Crippen LogP contribution in [-0.4, -0.2) is 51.8 Å². The van der Waals surface area contributed by atoms with Crippen molar-refractivity contribution in [3.8, 4) is 0 Å². The zero-order valence-corrected chi connectivity index (χ0v) is 12.0. The molecule has 0 saturated carbocycles. The van der Waals surface area contributed by atoms with Gasteiger partial charge >= 0.3 is 5.69 Å². The van der Waals surface area contributed by atoms with Crippen molar-refractivity contribution in [2.24, 2.45) is 5.92 Å². The summed E-state index contributed by atoms with van der Waals surface area (Å²) in [5, 5.41) is 19.2. The molecule has 3 N–H and O–H groups in total. The van der Waals surface area contributed by atoms with Gasteiger partial charge in [0.2, 0.25) is 0 Å². The highest BCUT2D eigenvalue weighted by molar-refractivity contribution is 5.08. The van der Waals surface area contributed by atoms with Gasteiger partial charge in [0.25, 0.3) is 5.56 Å². The van der Waals surface area contributed by atoms with Crippen molar-refractivity contribution >= 4 is 0 Å². The van der Waals surface area contributed by atoms with Gasteiger partial charge in [0.15, 0.2) is 6.29 Å². The van der Waals surface area contributed by atoms with E-state index >= 15 is 0 Å². The van der Waals surface area contributed by atoms with E-state index in [1.165, 1.54) is 10.8 Å². The third-order valence-corrected chi connectivity index (χ3v) is 4.01. The number of hydrogen-bond acceptors (Lipinski definition) is 7. The van der Waals surface area contributed by atoms with Crippen molar-refractivity contribution in [2.75, 3.05) is 19.8 Å². The van der Waals surface area contributed by atoms with E-state index in [9.17, 15) is 19.8 Å². The van der Waals surface area contributed by atoms with Crippen molar-refractivity contribution in [2.45, 2.75) is 31.6 Å². The predicted octanol–water partition coefficient (Wildman–Crippen LogP) is -1.53. The molecular weight excluding hydrogens is 296 g/mol. The number of aliphatic hydroxyl groups excluding tert-OH is 2. The second kappa shape index (κ2) is 5.94. The van der Waals surface area contributed by atoms with Crippen LogP contribution in [0.2, 0.25) is 0 Å². The molecule has 4 atom stereocenters. The van der Waals surface area contributed by atoms with Gasteiger partial charge < -0.3 is 24.4 Å². The van der Waals surface area contributed by atoms with E-state index in [-0.39, 0.29) is 12.2 Å². The normalized spacial score (nSPS) is 32.7. The average molecular weight is 314 g/mol. The van der Waals surface area contributed by atoms with Crippen molar-refractivity contribution in [3.63, 3.8) is 0 Å². The van der Waals surface area contributed by atoms with Crippen molar-refractivity contribution < 1.29 is 24.4 Å². The molecule has 9 nitrogen and oxygen atoms in total. The molecule has 1 aromatic heterocycles. The fraction of sp³-hybridized carbons (Fsp3) is 0.692. The highest BCUT2D eigenvalue weighted by Gasteiger charge is 2.42. The van der Waals surface area contributed by atoms with Gasteiger partial charge in [0.05, 0.1) is 31.5 Å². The lowest BCUT2D eigenvalue weighted by atomic mass is 10.0. The summed E-state index contributed by atoms with van der Waals surface area (Å²) in [5.74, 6) is -0.431. The Morgan fingerprint density at radius 1 is 1.36 bits per heavy atom. The average Bonchev–Trinajstić information content (AvgIpc) is 3.10. The van der Waals surface area contributed by atoms with E-state index in [1.807, 2.05) is 0 Å². The van der Waals surface area contributed by atoms with Crippen LogP contribution in [0.15, 0.2) is 15.8 Å². The Kier molecular flexibility index (Phi) is 4.15. The first kappa shape index (κ1) is 15.4. The van der Waals surface area contributed by atoms with E-state index in [0.29, 0.717) is 13.2 Å². The number of nitrogens with zero attached hydrogens (tertiary/aromatic N) is 1. The van der Waals surface area contributed by atoms with Gasteiger partial charge in [0.1, 0.15) is 12.3 Å². The summed E-state index contributed by atoms with van der Waals surface area (Å²) >= 11 is 0. The molecule has 0 aromatic carbocycles. The lowest BCUT2D eigenvalue weighted by Gasteiger charge is -2.19. The predicted molar refractivity (Wildman–Crippen MR) is 72.1 cm³/mol. The summed E-state index contributed by atoms with van der Waals surface area (Å²) in [4.78, 5) is 26.1. The Balaban J connectivity index is 1.98. The van der Waals surface area contributed by atoms with Crippen LogP contribution in [0.25, 0.3) is 0 Å². The van der Waals surface area contributed by atoms with Gasteiger partial charge in [-0.1, -0.05) is 6.92 Å². The monoisotopic (exact) mass is 314 g/mol. The molecule has 2 aliphatic rings. The first-order valence-corrected chi connectivity index (χ1v) is 7.06. The Hall–Kier alpha value is -1.52. The Bertz CT molecular complexity index is 649. The number of aliphatic hydroxyl groups is 2. The van der Waals surface area contributed by atoms with Gasteiger partial charge in [-0.2, -0.15) is 0 Å². The number of nitrogens with one attached hydrogen (secondary N) is 1. The molecule has 122 valence electrons. The highest BCUT2D eigenvalue weighted by Crippen LogP contribution is 2.33. The van der Waals surface area contributed by atoms with Crippen LogP contribution in [-0.2, 0) is 14.2 Å². The van der Waals surface area contributed by atoms with Crippen LogP contribution in [0.5, 0.6) is 0 Å². The van der Waals surface area contributed by atoms with Crippen LogP contribution < -0.4 is 11.2 Å². The first-order chi connectivity index (χ1) is 10.5. The van der Waals surface area contributed by atoms with E-state index in [2.05, 4.69) is 4.98 Å². The molecule has 2 saturated heterocycles. The number of aromatic nitrogens is 2. The fourth-order valence-electron chi connectivity index (χ4n) is 2.76.